The number of carbonyl (C=O) groups excluding carboxylic acids is 4. The average Bonchev–Trinajstić information content (AvgIpc) is 1.50. The Kier molecular flexibility index (Phi) is 27.2. The third-order valence-corrected chi connectivity index (χ3v) is 26.1. The summed E-state index contributed by atoms with van der Waals surface area (Å²) in [5.41, 5.74) is 18.5. The maximum absolute atomic E-state index is 12.8. The van der Waals surface area contributed by atoms with Crippen molar-refractivity contribution >= 4 is 124 Å². The molecule has 32 nitrogen and oxygen atoms in total. The molecule has 7 atom stereocenters. The van der Waals surface area contributed by atoms with E-state index in [0.717, 1.165) is 131 Å². The van der Waals surface area contributed by atoms with Gasteiger partial charge in [-0.25, -0.2) is 28.8 Å². The zero-order valence-electron chi connectivity index (χ0n) is 72.7. The van der Waals surface area contributed by atoms with Gasteiger partial charge in [-0.15, -0.1) is 0 Å². The number of hydrogen-bond donors (Lipinski definition) is 10. The van der Waals surface area contributed by atoms with Gasteiger partial charge >= 0.3 is 6.09 Å². The second-order valence-electron chi connectivity index (χ2n) is 33.1. The van der Waals surface area contributed by atoms with Crippen molar-refractivity contribution in [3.05, 3.63) is 383 Å². The Balaban J connectivity index is 0.000000122. The molecule has 0 spiro atoms. The molecule has 13 aromatic rings. The van der Waals surface area contributed by atoms with Crippen molar-refractivity contribution < 1.29 is 28.5 Å². The van der Waals surface area contributed by atoms with Crippen LogP contribution in [0.2, 0.25) is 10.0 Å². The first-order valence-corrected chi connectivity index (χ1v) is 44.8. The van der Waals surface area contributed by atoms with Gasteiger partial charge in [0.05, 0.1) is 109 Å². The number of benzene rings is 6. The van der Waals surface area contributed by atoms with Crippen LogP contribution in [0.5, 0.6) is 0 Å². The lowest BCUT2D eigenvalue weighted by atomic mass is 9.80. The number of anilines is 5. The minimum absolute atomic E-state index is 0.00283. The quantitative estimate of drug-likeness (QED) is 0.0452. The zero-order chi connectivity index (χ0) is 94.2. The normalized spacial score (nSPS) is 18.3. The topological polar surface area (TPSA) is 404 Å². The maximum atomic E-state index is 12.8. The first-order valence-electron chi connectivity index (χ1n) is 42.5. The molecule has 0 aliphatic carbocycles. The van der Waals surface area contributed by atoms with Crippen molar-refractivity contribution in [3.8, 4) is 12.1 Å². The predicted molar refractivity (Wildman–Crippen MR) is 511 cm³/mol. The van der Waals surface area contributed by atoms with Crippen LogP contribution >= 0.6 is 55.1 Å². The summed E-state index contributed by atoms with van der Waals surface area (Å²) in [5.74, 6) is 1.52. The van der Waals surface area contributed by atoms with E-state index in [4.69, 9.17) is 58.9 Å². The molecule has 0 radical (unpaired) electrons. The molecule has 668 valence electrons. The van der Waals surface area contributed by atoms with E-state index in [1.54, 1.807) is 47.9 Å². The van der Waals surface area contributed by atoms with E-state index < -0.39 is 17.4 Å². The number of halogens is 4. The van der Waals surface area contributed by atoms with Crippen LogP contribution in [0.1, 0.15) is 175 Å². The van der Waals surface area contributed by atoms with E-state index >= 15 is 0 Å². The number of nitriles is 2. The summed E-state index contributed by atoms with van der Waals surface area (Å²) in [5, 5.41) is 79.2. The first-order chi connectivity index (χ1) is 65.0. The molecule has 7 unspecified atom stereocenters. The number of amides is 2. The van der Waals surface area contributed by atoms with E-state index in [2.05, 4.69) is 169 Å². The molecular weight excluding hydrogens is 1870 g/mol. The maximum Gasteiger partial charge on any atom is 0.410 e. The number of ether oxygens (including phenoxy) is 1. The third kappa shape index (κ3) is 18.4. The summed E-state index contributed by atoms with van der Waals surface area (Å²) in [6, 6.07) is 52.0. The number of pyridine rings is 1. The van der Waals surface area contributed by atoms with Gasteiger partial charge in [-0.2, -0.15) is 36.0 Å². The van der Waals surface area contributed by atoms with Crippen molar-refractivity contribution in [2.75, 3.05) is 46.2 Å². The van der Waals surface area contributed by atoms with Crippen LogP contribution < -0.4 is 26.6 Å². The van der Waals surface area contributed by atoms with Gasteiger partial charge in [0, 0.05) is 126 Å². The molecule has 10 N–H and O–H groups in total. The fourth-order valence-electron chi connectivity index (χ4n) is 17.7. The van der Waals surface area contributed by atoms with Crippen LogP contribution in [0.4, 0.5) is 33.9 Å². The molecular formula is C98H82Br2Cl2N26O6. The molecule has 2 fully saturated rings. The number of hydrogen-bond acceptors (Lipinski definition) is 21. The highest BCUT2D eigenvalue weighted by atomic mass is 79.9. The van der Waals surface area contributed by atoms with Gasteiger partial charge in [0.2, 0.25) is 17.3 Å². The molecule has 6 aromatic carbocycles. The Labute approximate surface area is 796 Å². The Bertz CT molecular complexity index is 7210. The third-order valence-electron chi connectivity index (χ3n) is 23.7. The number of fused-ring (bicyclic) bond motifs is 6. The van der Waals surface area contributed by atoms with Crippen molar-refractivity contribution in [2.24, 2.45) is 11.8 Å². The Morgan fingerprint density at radius 3 is 1.46 bits per heavy atom. The number of Topliss-reactive ketones (excluding diaryl/α,β-unsaturated/α-hetero) is 2. The molecule has 7 aliphatic heterocycles. The Morgan fingerprint density at radius 1 is 0.530 bits per heavy atom. The van der Waals surface area contributed by atoms with Crippen LogP contribution in [0.3, 0.4) is 0 Å². The lowest BCUT2D eigenvalue weighted by Crippen LogP contribution is -2.35. The van der Waals surface area contributed by atoms with Gasteiger partial charge in [0.25, 0.3) is 0 Å². The summed E-state index contributed by atoms with van der Waals surface area (Å²) < 4.78 is 11.8. The van der Waals surface area contributed by atoms with E-state index in [9.17, 15) is 29.7 Å². The zero-order valence-corrected chi connectivity index (χ0v) is 77.4. The largest absolute Gasteiger partial charge is 0.444 e. The van der Waals surface area contributed by atoms with Gasteiger partial charge in [0.15, 0.2) is 23.0 Å². The molecule has 7 aromatic heterocycles. The molecule has 0 saturated carbocycles. The number of allylic oxidation sites excluding steroid dienone is 8. The van der Waals surface area contributed by atoms with E-state index in [-0.39, 0.29) is 64.6 Å². The number of likely N-dealkylation sites (tertiary alicyclic amines) is 2. The van der Waals surface area contributed by atoms with E-state index in [1.165, 1.54) is 13.8 Å². The van der Waals surface area contributed by atoms with Gasteiger partial charge < -0.3 is 41.1 Å². The van der Waals surface area contributed by atoms with Crippen LogP contribution in [0, 0.1) is 60.8 Å². The molecule has 36 heteroatoms. The molecule has 0 bridgehead atoms. The lowest BCUT2D eigenvalue weighted by Gasteiger charge is -2.30. The first kappa shape index (κ1) is 91.5. The smallest absolute Gasteiger partial charge is 0.410 e. The highest BCUT2D eigenvalue weighted by Crippen LogP contribution is 2.53. The highest BCUT2D eigenvalue weighted by Gasteiger charge is 2.44. The number of aromatic nitrogens is 13. The minimum Gasteiger partial charge on any atom is -0.444 e. The summed E-state index contributed by atoms with van der Waals surface area (Å²) in [6.45, 7) is 43.8. The predicted octanol–water partition coefficient (Wildman–Crippen LogP) is 20.6. The number of H-pyrrole nitrogens is 5. The Morgan fingerprint density at radius 2 is 0.978 bits per heavy atom. The molecule has 20 rings (SSSR count). The van der Waals surface area contributed by atoms with Crippen molar-refractivity contribution in [2.45, 2.75) is 109 Å². The summed E-state index contributed by atoms with van der Waals surface area (Å²) in [7, 11) is 0. The second-order valence-corrected chi connectivity index (χ2v) is 35.5. The van der Waals surface area contributed by atoms with Gasteiger partial charge in [-0.1, -0.05) is 146 Å². The van der Waals surface area contributed by atoms with Crippen LogP contribution in [0.25, 0.3) is 36.0 Å². The molecule has 7 aliphatic rings. The van der Waals surface area contributed by atoms with Gasteiger partial charge in [0.1, 0.15) is 57.9 Å². The number of ketones is 2. The molecule has 134 heavy (non-hydrogen) atoms. The van der Waals surface area contributed by atoms with Crippen LogP contribution in [0.15, 0.2) is 254 Å². The number of nitrogens with zero attached hydrogens (tertiary/aromatic N) is 16. The molecule has 2 saturated heterocycles. The lowest BCUT2D eigenvalue weighted by molar-refractivity contribution is -0.128. The summed E-state index contributed by atoms with van der Waals surface area (Å²) >= 11 is 20.1. The van der Waals surface area contributed by atoms with Crippen LogP contribution in [-0.4, -0.2) is 125 Å². The number of rotatable bonds is 14. The SMILES string of the molecule is CCCC1=C(c2ccccn2)C(c2cccc(C#N)c2Br)c2cn[nH]c2N1.[C-]#[N+]C1=C(C(C)=O)Nc2[nH]ncc2C1c1cccc(C#N)c1Br.[C-]#[N+]C1=C(C(C)=O)Nc2[nH]ncc2C1c1cccc2nonc12.[C-]#[N+]C1=C(C2CC(=O)N(Cc3ccccc3)C2)Nc2[nH]ncc2C1c1ccccc1Cl.[C-]#[N+]C1=C(C2CCN(C(=O)OC(C)(C)C)C2)Nc2[nH]ncc2C1c1ccccc1Cl. The summed E-state index contributed by atoms with van der Waals surface area (Å²) in [6.07, 6.45) is 13.1. The monoisotopic (exact) mass is 1950 g/mol. The number of aromatic amines is 5. The summed E-state index contributed by atoms with van der Waals surface area (Å²) in [4.78, 5) is 72.4. The van der Waals surface area contributed by atoms with E-state index in [1.807, 2.05) is 165 Å². The van der Waals surface area contributed by atoms with Crippen molar-refractivity contribution in [3.63, 3.8) is 0 Å². The standard InChI is InChI=1S/C24H20ClN5O.C22H24ClN5O2.C21H18BrN5.C16H10BrN5O.C15H10N6O2/c1-26-23-21(17-9-5-6-10-19(17)25)18-12-27-29-24(18)28-22(23)16-11-20(31)30(14-16)13-15-7-3-2-4-8-15;1-22(2,3)30-21(29)28-10-9-13(12-28)18-19(24-4)17(14-7-5-6-8-16(14)23)15-11-25-27-20(15)26-18;1-2-6-17-19(16-9-3-4-10-24-16)18(15-12-25-27-21(15)26-17)14-8-5-7-13(11-23)20(14)22;1-8(23)14-15(19-2)12(11-7-20-22-16(11)21-14)10-5-3-4-9(6-18)13(10)17;1-7(22)12-14(16-2)11(9-6-17-19-15(9)18-12)8-4-3-5-10-13(8)21-23-20-10/h2-10,12,16,21H,11,13-14H2,(H2,27,28,29);5-8,11,13,17H,9-10,12H2,1-3H3,(H2,25,26,27);3-5,7-10,12,18H,2,6H2,1H3,(H2,25,26,27);3-5,7,12H,1H3,(H2,20,21,22);3-6,11H,1H3,(H2,17,18,19). The van der Waals surface area contributed by atoms with E-state index in [0.29, 0.717) is 104 Å². The Hall–Kier alpha value is -15.8. The van der Waals surface area contributed by atoms with Gasteiger partial charge in [-0.05, 0) is 165 Å². The minimum atomic E-state index is -0.542. The van der Waals surface area contributed by atoms with Crippen molar-refractivity contribution in [1.29, 1.82) is 10.5 Å². The fourth-order valence-corrected chi connectivity index (χ4v) is 19.3. The fraction of sp³-hybridized carbons (Fsp3) is 0.224. The van der Waals surface area contributed by atoms with Crippen LogP contribution in [-0.2, 0) is 25.7 Å². The number of nitrogens with one attached hydrogen (secondary N) is 10. The van der Waals surface area contributed by atoms with Gasteiger partial charge in [-0.3, -0.25) is 44.9 Å². The average molecular weight is 1950 g/mol. The second kappa shape index (κ2) is 39.9. The highest BCUT2D eigenvalue weighted by molar-refractivity contribution is 9.11. The molecule has 2 amide bonds. The number of carbonyl (C=O) groups is 4. The van der Waals surface area contributed by atoms with Crippen molar-refractivity contribution in [1.82, 2.24) is 76.1 Å². The molecule has 14 heterocycles.